The van der Waals surface area contributed by atoms with Crippen molar-refractivity contribution in [1.82, 2.24) is 9.78 Å². The molecule has 6 nitrogen and oxygen atoms in total. The molecule has 0 aliphatic heterocycles. The fourth-order valence-corrected chi connectivity index (χ4v) is 2.64. The topological polar surface area (TPSA) is 76.0 Å². The van der Waals surface area contributed by atoms with Crippen LogP contribution in [0.2, 0.25) is 5.02 Å². The number of hydrogen-bond acceptors (Lipinski definition) is 4. The number of halogens is 1. The second-order valence-electron chi connectivity index (χ2n) is 4.63. The molecule has 0 unspecified atom stereocenters. The molecule has 1 aromatic heterocycles. The first kappa shape index (κ1) is 15.7. The van der Waals surface area contributed by atoms with Crippen LogP contribution in [0.1, 0.15) is 12.5 Å². The molecule has 21 heavy (non-hydrogen) atoms. The summed E-state index contributed by atoms with van der Waals surface area (Å²) in [6, 6.07) is 5.07. The van der Waals surface area contributed by atoms with Gasteiger partial charge in [0, 0.05) is 30.5 Å². The summed E-state index contributed by atoms with van der Waals surface area (Å²) >= 11 is 6.06. The highest BCUT2D eigenvalue weighted by atomic mass is 35.5. The minimum atomic E-state index is -3.33. The third-order valence-electron chi connectivity index (χ3n) is 2.77. The van der Waals surface area contributed by atoms with E-state index in [1.165, 1.54) is 0 Å². The van der Waals surface area contributed by atoms with Gasteiger partial charge in [0.05, 0.1) is 23.2 Å². The summed E-state index contributed by atoms with van der Waals surface area (Å²) in [6.45, 7) is 3.48. The van der Waals surface area contributed by atoms with Crippen molar-refractivity contribution in [3.8, 4) is 0 Å². The first-order chi connectivity index (χ1) is 9.87. The number of nitrogens with one attached hydrogen (secondary N) is 2. The largest absolute Gasteiger partial charge is 0.381 e. The lowest BCUT2D eigenvalue weighted by atomic mass is 10.2. The van der Waals surface area contributed by atoms with Gasteiger partial charge in [-0.05, 0) is 25.1 Å². The van der Waals surface area contributed by atoms with Crippen LogP contribution >= 0.6 is 11.6 Å². The maximum absolute atomic E-state index is 11.2. The molecule has 1 heterocycles. The van der Waals surface area contributed by atoms with Crippen LogP contribution in [0.4, 0.5) is 11.4 Å². The minimum absolute atomic E-state index is 0.342. The molecule has 0 saturated heterocycles. The van der Waals surface area contributed by atoms with Crippen molar-refractivity contribution in [3.05, 3.63) is 41.2 Å². The molecule has 0 amide bonds. The molecule has 2 N–H and O–H groups in total. The molecule has 0 bridgehead atoms. The van der Waals surface area contributed by atoms with E-state index < -0.39 is 10.0 Å². The summed E-state index contributed by atoms with van der Waals surface area (Å²) in [5.41, 5.74) is 2.23. The van der Waals surface area contributed by atoms with Crippen LogP contribution in [0.25, 0.3) is 0 Å². The third-order valence-corrected chi connectivity index (χ3v) is 3.68. The number of anilines is 2. The van der Waals surface area contributed by atoms with Gasteiger partial charge in [0.2, 0.25) is 10.0 Å². The van der Waals surface area contributed by atoms with Gasteiger partial charge in [-0.25, -0.2) is 8.42 Å². The number of hydrogen-bond donors (Lipinski definition) is 2. The van der Waals surface area contributed by atoms with Crippen LogP contribution in [0.5, 0.6) is 0 Å². The zero-order chi connectivity index (χ0) is 15.5. The van der Waals surface area contributed by atoms with Crippen molar-refractivity contribution in [1.29, 1.82) is 0 Å². The number of aryl methyl sites for hydroxylation is 1. The highest BCUT2D eigenvalue weighted by Crippen LogP contribution is 2.26. The Kier molecular flexibility index (Phi) is 4.74. The Labute approximate surface area is 129 Å². The molecular formula is C13H17ClN4O2S. The lowest BCUT2D eigenvalue weighted by molar-refractivity contribution is 0.607. The molecule has 2 aromatic rings. The van der Waals surface area contributed by atoms with Crippen LogP contribution in [-0.2, 0) is 23.1 Å². The SMILES string of the molecule is CCn1cc(CNc2ccc(NS(C)(=O)=O)c(Cl)c2)cn1. The summed E-state index contributed by atoms with van der Waals surface area (Å²) < 4.78 is 26.6. The molecule has 0 aliphatic rings. The van der Waals surface area contributed by atoms with Gasteiger partial charge in [0.1, 0.15) is 0 Å². The molecule has 1 aromatic carbocycles. The minimum Gasteiger partial charge on any atom is -0.381 e. The Hall–Kier alpha value is -1.73. The number of rotatable bonds is 6. The number of benzene rings is 1. The Morgan fingerprint density at radius 1 is 1.38 bits per heavy atom. The monoisotopic (exact) mass is 328 g/mol. The van der Waals surface area contributed by atoms with Crippen molar-refractivity contribution < 1.29 is 8.42 Å². The molecule has 0 aliphatic carbocycles. The predicted octanol–water partition coefficient (Wildman–Crippen LogP) is 2.54. The fraction of sp³-hybridized carbons (Fsp3) is 0.308. The van der Waals surface area contributed by atoms with Gasteiger partial charge in [-0.3, -0.25) is 9.40 Å². The summed E-state index contributed by atoms with van der Waals surface area (Å²) in [6.07, 6.45) is 4.85. The van der Waals surface area contributed by atoms with E-state index in [1.807, 2.05) is 17.8 Å². The van der Waals surface area contributed by atoms with Gasteiger partial charge in [-0.2, -0.15) is 5.10 Å². The third kappa shape index (κ3) is 4.64. The summed E-state index contributed by atoms with van der Waals surface area (Å²) in [7, 11) is -3.33. The van der Waals surface area contributed by atoms with Gasteiger partial charge in [0.25, 0.3) is 0 Å². The highest BCUT2D eigenvalue weighted by molar-refractivity contribution is 7.92. The molecule has 8 heteroatoms. The smallest absolute Gasteiger partial charge is 0.229 e. The van der Waals surface area contributed by atoms with E-state index in [-0.39, 0.29) is 0 Å². The van der Waals surface area contributed by atoms with Gasteiger partial charge < -0.3 is 5.32 Å². The normalized spacial score (nSPS) is 11.4. The van der Waals surface area contributed by atoms with E-state index in [0.29, 0.717) is 17.3 Å². The van der Waals surface area contributed by atoms with Crippen LogP contribution in [0.3, 0.4) is 0 Å². The lowest BCUT2D eigenvalue weighted by Gasteiger charge is -2.09. The summed E-state index contributed by atoms with van der Waals surface area (Å²) in [4.78, 5) is 0. The van der Waals surface area contributed by atoms with Crippen molar-refractivity contribution in [2.45, 2.75) is 20.0 Å². The van der Waals surface area contributed by atoms with Crippen molar-refractivity contribution in [2.75, 3.05) is 16.3 Å². The van der Waals surface area contributed by atoms with Crippen LogP contribution in [0, 0.1) is 0 Å². The Morgan fingerprint density at radius 3 is 2.71 bits per heavy atom. The second kappa shape index (κ2) is 6.36. The van der Waals surface area contributed by atoms with E-state index in [1.54, 1.807) is 24.4 Å². The molecular weight excluding hydrogens is 312 g/mol. The van der Waals surface area contributed by atoms with Crippen LogP contribution < -0.4 is 10.0 Å². The van der Waals surface area contributed by atoms with E-state index in [9.17, 15) is 8.42 Å². The maximum atomic E-state index is 11.2. The number of aromatic nitrogens is 2. The van der Waals surface area contributed by atoms with Crippen molar-refractivity contribution in [3.63, 3.8) is 0 Å². The standard InChI is InChI=1S/C13H17ClN4O2S/c1-3-18-9-10(8-16-18)7-15-11-4-5-13(12(14)6-11)17-21(2,19)20/h4-6,8-9,15,17H,3,7H2,1-2H3. The van der Waals surface area contributed by atoms with Crippen molar-refractivity contribution >= 4 is 33.0 Å². The van der Waals surface area contributed by atoms with Crippen LogP contribution in [-0.4, -0.2) is 24.5 Å². The summed E-state index contributed by atoms with van der Waals surface area (Å²) in [5.74, 6) is 0. The van der Waals surface area contributed by atoms with Crippen molar-refractivity contribution in [2.24, 2.45) is 0 Å². The van der Waals surface area contributed by atoms with Gasteiger partial charge in [-0.15, -0.1) is 0 Å². The maximum Gasteiger partial charge on any atom is 0.229 e. The predicted molar refractivity (Wildman–Crippen MR) is 85.1 cm³/mol. The quantitative estimate of drug-likeness (QED) is 0.854. The van der Waals surface area contributed by atoms with Gasteiger partial charge >= 0.3 is 0 Å². The lowest BCUT2D eigenvalue weighted by Crippen LogP contribution is -2.10. The van der Waals surface area contributed by atoms with E-state index >= 15 is 0 Å². The Balaban J connectivity index is 2.03. The molecule has 2 rings (SSSR count). The second-order valence-corrected chi connectivity index (χ2v) is 6.78. The van der Waals surface area contributed by atoms with E-state index in [4.69, 9.17) is 11.6 Å². The highest BCUT2D eigenvalue weighted by Gasteiger charge is 2.07. The average molecular weight is 329 g/mol. The fourth-order valence-electron chi connectivity index (χ4n) is 1.78. The number of sulfonamides is 1. The van der Waals surface area contributed by atoms with E-state index in [2.05, 4.69) is 15.1 Å². The van der Waals surface area contributed by atoms with Crippen LogP contribution in [0.15, 0.2) is 30.6 Å². The molecule has 0 spiro atoms. The van der Waals surface area contributed by atoms with Gasteiger partial charge in [0.15, 0.2) is 0 Å². The first-order valence-electron chi connectivity index (χ1n) is 6.40. The summed E-state index contributed by atoms with van der Waals surface area (Å²) in [5, 5.41) is 7.75. The van der Waals surface area contributed by atoms with Gasteiger partial charge in [-0.1, -0.05) is 11.6 Å². The Morgan fingerprint density at radius 2 is 2.14 bits per heavy atom. The first-order valence-corrected chi connectivity index (χ1v) is 8.67. The zero-order valence-corrected chi connectivity index (χ0v) is 13.4. The molecule has 0 fully saturated rings. The zero-order valence-electron chi connectivity index (χ0n) is 11.8. The molecule has 0 radical (unpaired) electrons. The molecule has 0 atom stereocenters. The molecule has 0 saturated carbocycles. The van der Waals surface area contributed by atoms with E-state index in [0.717, 1.165) is 24.1 Å². The average Bonchev–Trinajstić information content (AvgIpc) is 2.86. The molecule has 114 valence electrons. The Bertz CT molecular complexity index is 728. The number of nitrogens with zero attached hydrogens (tertiary/aromatic N) is 2.